The summed E-state index contributed by atoms with van der Waals surface area (Å²) in [5, 5.41) is 2.03. The van der Waals surface area contributed by atoms with Crippen molar-refractivity contribution in [3.8, 4) is 0 Å². The molecule has 0 aromatic rings. The Morgan fingerprint density at radius 1 is 1.17 bits per heavy atom. The lowest BCUT2D eigenvalue weighted by molar-refractivity contribution is 0.240. The lowest BCUT2D eigenvalue weighted by Crippen LogP contribution is -2.37. The van der Waals surface area contributed by atoms with Gasteiger partial charge in [-0.25, -0.2) is 0 Å². The van der Waals surface area contributed by atoms with Gasteiger partial charge in [-0.3, -0.25) is 10.4 Å². The smallest absolute Gasteiger partial charge is 0.0186 e. The Morgan fingerprint density at radius 3 is 2.33 bits per heavy atom. The second kappa shape index (κ2) is 7.56. The Balaban J connectivity index is 3.14. The summed E-state index contributed by atoms with van der Waals surface area (Å²) in [6.45, 7) is 4.49. The second-order valence-electron chi connectivity index (χ2n) is 3.77. The van der Waals surface area contributed by atoms with Gasteiger partial charge in [-0.1, -0.05) is 32.6 Å². The van der Waals surface area contributed by atoms with Crippen molar-refractivity contribution in [2.24, 2.45) is 0 Å². The van der Waals surface area contributed by atoms with Crippen molar-refractivity contribution in [3.63, 3.8) is 0 Å². The summed E-state index contributed by atoms with van der Waals surface area (Å²) in [6.07, 6.45) is 6.74. The molecular weight excluding hydrogens is 148 g/mol. The molecule has 0 spiro atoms. The maximum Gasteiger partial charge on any atom is 0.0186 e. The molecule has 2 heteroatoms. The Labute approximate surface area is 77.3 Å². The van der Waals surface area contributed by atoms with Gasteiger partial charge in [-0.15, -0.1) is 0 Å². The fourth-order valence-corrected chi connectivity index (χ4v) is 1.38. The molecule has 0 amide bonds. The van der Waals surface area contributed by atoms with Crippen molar-refractivity contribution < 1.29 is 0 Å². The van der Waals surface area contributed by atoms with Gasteiger partial charge < -0.3 is 0 Å². The van der Waals surface area contributed by atoms with E-state index in [0.717, 1.165) is 0 Å². The number of nitrogens with one attached hydrogen (secondary N) is 1. The van der Waals surface area contributed by atoms with E-state index < -0.39 is 0 Å². The molecule has 0 saturated carbocycles. The minimum Gasteiger partial charge on any atom is -0.253 e. The lowest BCUT2D eigenvalue weighted by atomic mass is 10.1. The molecule has 74 valence electrons. The highest BCUT2D eigenvalue weighted by Gasteiger charge is 2.00. The molecule has 0 aromatic heterocycles. The highest BCUT2D eigenvalue weighted by atomic mass is 15.5. The van der Waals surface area contributed by atoms with Crippen LogP contribution < -0.4 is 5.43 Å². The van der Waals surface area contributed by atoms with Gasteiger partial charge in [0.05, 0.1) is 0 Å². The summed E-state index contributed by atoms with van der Waals surface area (Å²) < 4.78 is 0. The van der Waals surface area contributed by atoms with Crippen molar-refractivity contribution >= 4 is 0 Å². The molecule has 12 heavy (non-hydrogen) atoms. The summed E-state index contributed by atoms with van der Waals surface area (Å²) in [5.41, 5.74) is 3.35. The third-order valence-electron chi connectivity index (χ3n) is 1.97. The monoisotopic (exact) mass is 172 g/mol. The zero-order valence-corrected chi connectivity index (χ0v) is 9.06. The average molecular weight is 172 g/mol. The van der Waals surface area contributed by atoms with Crippen LogP contribution in [0.1, 0.15) is 46.0 Å². The van der Waals surface area contributed by atoms with Crippen molar-refractivity contribution in [1.29, 1.82) is 0 Å². The predicted molar refractivity (Wildman–Crippen MR) is 55.0 cm³/mol. The molecule has 0 aliphatic carbocycles. The Morgan fingerprint density at radius 2 is 1.83 bits per heavy atom. The third-order valence-corrected chi connectivity index (χ3v) is 1.97. The van der Waals surface area contributed by atoms with Crippen LogP contribution in [-0.2, 0) is 0 Å². The predicted octanol–water partition coefficient (Wildman–Crippen LogP) is 2.41. The first-order valence-corrected chi connectivity index (χ1v) is 5.10. The molecule has 0 radical (unpaired) electrons. The molecule has 0 rings (SSSR count). The number of rotatable bonds is 7. The fourth-order valence-electron chi connectivity index (χ4n) is 1.38. The van der Waals surface area contributed by atoms with Crippen LogP contribution in [0.5, 0.6) is 0 Å². The van der Waals surface area contributed by atoms with Crippen molar-refractivity contribution in [3.05, 3.63) is 0 Å². The van der Waals surface area contributed by atoms with E-state index in [-0.39, 0.29) is 0 Å². The SMILES string of the molecule is CCCCCCC(C)NN(C)C. The quantitative estimate of drug-likeness (QED) is 0.468. The van der Waals surface area contributed by atoms with E-state index in [0.29, 0.717) is 6.04 Å². The van der Waals surface area contributed by atoms with E-state index in [1.165, 1.54) is 32.1 Å². The van der Waals surface area contributed by atoms with Gasteiger partial charge in [-0.05, 0) is 13.3 Å². The number of hydrogen-bond acceptors (Lipinski definition) is 2. The largest absolute Gasteiger partial charge is 0.253 e. The van der Waals surface area contributed by atoms with Gasteiger partial charge in [-0.2, -0.15) is 0 Å². The third kappa shape index (κ3) is 8.02. The summed E-state index contributed by atoms with van der Waals surface area (Å²) in [6, 6.07) is 0.622. The van der Waals surface area contributed by atoms with E-state index in [2.05, 4.69) is 19.3 Å². The number of nitrogens with zero attached hydrogens (tertiary/aromatic N) is 1. The van der Waals surface area contributed by atoms with Gasteiger partial charge in [0.25, 0.3) is 0 Å². The molecule has 0 bridgehead atoms. The van der Waals surface area contributed by atoms with Gasteiger partial charge in [0.15, 0.2) is 0 Å². The maximum absolute atomic E-state index is 3.35. The van der Waals surface area contributed by atoms with Gasteiger partial charge in [0.2, 0.25) is 0 Å². The van der Waals surface area contributed by atoms with Crippen LogP contribution in [0.3, 0.4) is 0 Å². The summed E-state index contributed by atoms with van der Waals surface area (Å²) >= 11 is 0. The lowest BCUT2D eigenvalue weighted by Gasteiger charge is -2.18. The first-order chi connectivity index (χ1) is 5.66. The van der Waals surface area contributed by atoms with E-state index in [9.17, 15) is 0 Å². The number of hydrogen-bond donors (Lipinski definition) is 1. The molecule has 0 saturated heterocycles. The van der Waals surface area contributed by atoms with Crippen LogP contribution in [0.4, 0.5) is 0 Å². The second-order valence-corrected chi connectivity index (χ2v) is 3.77. The zero-order valence-electron chi connectivity index (χ0n) is 9.06. The molecule has 1 atom stereocenters. The van der Waals surface area contributed by atoms with Crippen molar-refractivity contribution in [1.82, 2.24) is 10.4 Å². The van der Waals surface area contributed by atoms with Gasteiger partial charge >= 0.3 is 0 Å². The first-order valence-electron chi connectivity index (χ1n) is 5.10. The maximum atomic E-state index is 3.35. The molecule has 0 aliphatic heterocycles. The van der Waals surface area contributed by atoms with Crippen LogP contribution in [0, 0.1) is 0 Å². The average Bonchev–Trinajstić information content (AvgIpc) is 1.97. The van der Waals surface area contributed by atoms with Crippen molar-refractivity contribution in [2.75, 3.05) is 14.1 Å². The Hall–Kier alpha value is -0.0800. The molecular formula is C10H24N2. The molecule has 0 aromatic carbocycles. The first kappa shape index (κ1) is 11.9. The standard InChI is InChI=1S/C10H24N2/c1-5-6-7-8-9-10(2)11-12(3)4/h10-11H,5-9H2,1-4H3. The normalized spacial score (nSPS) is 13.8. The minimum atomic E-state index is 0.622. The zero-order chi connectivity index (χ0) is 9.40. The van der Waals surface area contributed by atoms with Crippen LogP contribution in [0.15, 0.2) is 0 Å². The van der Waals surface area contributed by atoms with E-state index >= 15 is 0 Å². The van der Waals surface area contributed by atoms with Gasteiger partial charge in [0.1, 0.15) is 0 Å². The van der Waals surface area contributed by atoms with E-state index in [4.69, 9.17) is 0 Å². The number of hydrazine groups is 1. The Kier molecular flexibility index (Phi) is 7.51. The minimum absolute atomic E-state index is 0.622. The molecule has 1 unspecified atom stereocenters. The molecule has 0 fully saturated rings. The molecule has 0 aliphatic rings. The summed E-state index contributed by atoms with van der Waals surface area (Å²) in [5.74, 6) is 0. The van der Waals surface area contributed by atoms with E-state index in [1.807, 2.05) is 19.1 Å². The van der Waals surface area contributed by atoms with Crippen LogP contribution in [0.25, 0.3) is 0 Å². The summed E-state index contributed by atoms with van der Waals surface area (Å²) in [7, 11) is 4.09. The highest BCUT2D eigenvalue weighted by molar-refractivity contribution is 4.56. The van der Waals surface area contributed by atoms with Crippen LogP contribution in [0.2, 0.25) is 0 Å². The van der Waals surface area contributed by atoms with Crippen LogP contribution in [-0.4, -0.2) is 25.1 Å². The topological polar surface area (TPSA) is 15.3 Å². The fraction of sp³-hybridized carbons (Fsp3) is 1.00. The molecule has 2 nitrogen and oxygen atoms in total. The van der Waals surface area contributed by atoms with Gasteiger partial charge in [0, 0.05) is 20.1 Å². The molecule has 1 N–H and O–H groups in total. The summed E-state index contributed by atoms with van der Waals surface area (Å²) in [4.78, 5) is 0. The van der Waals surface area contributed by atoms with Crippen molar-refractivity contribution in [2.45, 2.75) is 52.0 Å². The van der Waals surface area contributed by atoms with E-state index in [1.54, 1.807) is 0 Å². The molecule has 0 heterocycles. The number of unbranched alkanes of at least 4 members (excludes halogenated alkanes) is 3. The Bertz CT molecular complexity index is 91.8. The van der Waals surface area contributed by atoms with Crippen LogP contribution >= 0.6 is 0 Å². The highest BCUT2D eigenvalue weighted by Crippen LogP contribution is 2.04.